The molecule has 0 heterocycles. The quantitative estimate of drug-likeness (QED) is 0.839. The summed E-state index contributed by atoms with van der Waals surface area (Å²) in [7, 11) is 0. The van der Waals surface area contributed by atoms with E-state index in [0.717, 1.165) is 15.6 Å². The van der Waals surface area contributed by atoms with Gasteiger partial charge in [0.15, 0.2) is 0 Å². The largest absolute Gasteiger partial charge is 0.506 e. The lowest BCUT2D eigenvalue weighted by atomic mass is 10.00. The fourth-order valence-corrected chi connectivity index (χ4v) is 2.02. The van der Waals surface area contributed by atoms with Crippen molar-refractivity contribution in [2.45, 2.75) is 19.8 Å². The first-order valence-electron chi connectivity index (χ1n) is 4.26. The van der Waals surface area contributed by atoms with Crippen molar-refractivity contribution in [1.82, 2.24) is 0 Å². The normalized spacial score (nSPS) is 12.9. The van der Waals surface area contributed by atoms with E-state index >= 15 is 0 Å². The van der Waals surface area contributed by atoms with Crippen LogP contribution in [0.15, 0.2) is 16.6 Å². The number of halogens is 1. The molecule has 0 aliphatic heterocycles. The molecule has 2 nitrogen and oxygen atoms in total. The third kappa shape index (κ3) is 2.03. The minimum Gasteiger partial charge on any atom is -0.506 e. The maximum atomic E-state index is 9.64. The molecule has 1 aromatic carbocycles. The maximum absolute atomic E-state index is 9.64. The predicted octanol–water partition coefficient (Wildman–Crippen LogP) is 2.53. The average molecular weight is 244 g/mol. The van der Waals surface area contributed by atoms with Crippen molar-refractivity contribution in [3.8, 4) is 5.75 Å². The molecule has 0 radical (unpaired) electrons. The molecule has 0 spiro atoms. The number of aromatic hydroxyl groups is 1. The SMILES string of the molecule is Cc1ccc(C(C)CN)c(Br)c1O. The van der Waals surface area contributed by atoms with Gasteiger partial charge in [-0.1, -0.05) is 19.1 Å². The summed E-state index contributed by atoms with van der Waals surface area (Å²) < 4.78 is 0.769. The molecule has 0 aliphatic rings. The van der Waals surface area contributed by atoms with Crippen LogP contribution >= 0.6 is 15.9 Å². The molecule has 3 N–H and O–H groups in total. The minimum atomic E-state index is 0.265. The Bertz CT molecular complexity index is 312. The van der Waals surface area contributed by atoms with Crippen LogP contribution in [0.25, 0.3) is 0 Å². The maximum Gasteiger partial charge on any atom is 0.132 e. The second kappa shape index (κ2) is 4.11. The van der Waals surface area contributed by atoms with Gasteiger partial charge in [0, 0.05) is 0 Å². The van der Waals surface area contributed by atoms with Gasteiger partial charge in [0.2, 0.25) is 0 Å². The Kier molecular flexibility index (Phi) is 3.33. The Morgan fingerprint density at radius 3 is 2.69 bits per heavy atom. The molecule has 72 valence electrons. The molecule has 3 heteroatoms. The Labute approximate surface area is 86.9 Å². The zero-order chi connectivity index (χ0) is 10.0. The van der Waals surface area contributed by atoms with Crippen molar-refractivity contribution in [3.05, 3.63) is 27.7 Å². The topological polar surface area (TPSA) is 46.2 Å². The summed E-state index contributed by atoms with van der Waals surface area (Å²) >= 11 is 3.37. The van der Waals surface area contributed by atoms with Gasteiger partial charge >= 0.3 is 0 Å². The Morgan fingerprint density at radius 1 is 1.54 bits per heavy atom. The number of nitrogens with two attached hydrogens (primary N) is 1. The van der Waals surface area contributed by atoms with Gasteiger partial charge in [-0.2, -0.15) is 0 Å². The van der Waals surface area contributed by atoms with E-state index < -0.39 is 0 Å². The van der Waals surface area contributed by atoms with Crippen molar-refractivity contribution >= 4 is 15.9 Å². The zero-order valence-corrected chi connectivity index (χ0v) is 9.43. The first-order chi connectivity index (χ1) is 6.07. The molecule has 0 saturated heterocycles. The molecule has 0 amide bonds. The molecule has 1 unspecified atom stereocenters. The summed E-state index contributed by atoms with van der Waals surface area (Å²) in [4.78, 5) is 0. The summed E-state index contributed by atoms with van der Waals surface area (Å²) in [6, 6.07) is 3.90. The first-order valence-corrected chi connectivity index (χ1v) is 5.05. The predicted molar refractivity (Wildman–Crippen MR) is 58.0 cm³/mol. The molecular weight excluding hydrogens is 230 g/mol. The fourth-order valence-electron chi connectivity index (χ4n) is 1.18. The van der Waals surface area contributed by atoms with Crippen LogP contribution in [0.4, 0.5) is 0 Å². The number of hydrogen-bond acceptors (Lipinski definition) is 2. The summed E-state index contributed by atoms with van der Waals surface area (Å²) in [5.74, 6) is 0.582. The van der Waals surface area contributed by atoms with Gasteiger partial charge in [0.05, 0.1) is 4.47 Å². The Hall–Kier alpha value is -0.540. The van der Waals surface area contributed by atoms with Crippen molar-refractivity contribution < 1.29 is 5.11 Å². The zero-order valence-electron chi connectivity index (χ0n) is 7.84. The highest BCUT2D eigenvalue weighted by atomic mass is 79.9. The second-order valence-electron chi connectivity index (χ2n) is 3.27. The number of aryl methyl sites for hydroxylation is 1. The molecule has 0 fully saturated rings. The van der Waals surface area contributed by atoms with E-state index in [1.807, 2.05) is 26.0 Å². The lowest BCUT2D eigenvalue weighted by Gasteiger charge is -2.13. The van der Waals surface area contributed by atoms with Gasteiger partial charge in [0.1, 0.15) is 5.75 Å². The molecule has 13 heavy (non-hydrogen) atoms. The summed E-state index contributed by atoms with van der Waals surface area (Å²) in [6.07, 6.45) is 0. The van der Waals surface area contributed by atoms with Crippen LogP contribution in [-0.4, -0.2) is 11.7 Å². The standard InChI is InChI=1S/C10H14BrNO/c1-6-3-4-8(7(2)5-12)9(11)10(6)13/h3-4,7,13H,5,12H2,1-2H3. The van der Waals surface area contributed by atoms with E-state index in [-0.39, 0.29) is 5.92 Å². The lowest BCUT2D eigenvalue weighted by Crippen LogP contribution is -2.09. The van der Waals surface area contributed by atoms with Gasteiger partial charge < -0.3 is 10.8 Å². The van der Waals surface area contributed by atoms with E-state index in [0.29, 0.717) is 12.3 Å². The van der Waals surface area contributed by atoms with Crippen molar-refractivity contribution in [1.29, 1.82) is 0 Å². The van der Waals surface area contributed by atoms with Crippen LogP contribution in [0.1, 0.15) is 24.0 Å². The highest BCUT2D eigenvalue weighted by Gasteiger charge is 2.11. The number of rotatable bonds is 2. The molecule has 0 bridgehead atoms. The third-order valence-corrected chi connectivity index (χ3v) is 3.07. The van der Waals surface area contributed by atoms with E-state index in [1.54, 1.807) is 0 Å². The van der Waals surface area contributed by atoms with Crippen LogP contribution in [0.3, 0.4) is 0 Å². The Balaban J connectivity index is 3.18. The molecule has 0 aliphatic carbocycles. The number of benzene rings is 1. The first kappa shape index (κ1) is 10.5. The van der Waals surface area contributed by atoms with E-state index in [9.17, 15) is 5.11 Å². The van der Waals surface area contributed by atoms with Crippen LogP contribution in [0.2, 0.25) is 0 Å². The van der Waals surface area contributed by atoms with E-state index in [4.69, 9.17) is 5.73 Å². The van der Waals surface area contributed by atoms with Gasteiger partial charge in [-0.3, -0.25) is 0 Å². The van der Waals surface area contributed by atoms with Crippen LogP contribution in [-0.2, 0) is 0 Å². The average Bonchev–Trinajstić information content (AvgIpc) is 2.13. The smallest absolute Gasteiger partial charge is 0.132 e. The molecular formula is C10H14BrNO. The van der Waals surface area contributed by atoms with Crippen molar-refractivity contribution in [2.75, 3.05) is 6.54 Å². The fraction of sp³-hybridized carbons (Fsp3) is 0.400. The number of phenols is 1. The van der Waals surface area contributed by atoms with Gasteiger partial charge in [-0.05, 0) is 46.4 Å². The molecule has 1 rings (SSSR count). The van der Waals surface area contributed by atoms with Gasteiger partial charge in [-0.15, -0.1) is 0 Å². The van der Waals surface area contributed by atoms with E-state index in [1.165, 1.54) is 0 Å². The monoisotopic (exact) mass is 243 g/mol. The van der Waals surface area contributed by atoms with Crippen LogP contribution < -0.4 is 5.73 Å². The highest BCUT2D eigenvalue weighted by molar-refractivity contribution is 9.10. The Morgan fingerprint density at radius 2 is 2.15 bits per heavy atom. The van der Waals surface area contributed by atoms with Crippen LogP contribution in [0, 0.1) is 6.92 Å². The molecule has 1 atom stereocenters. The number of phenolic OH excluding ortho intramolecular Hbond substituents is 1. The van der Waals surface area contributed by atoms with Crippen molar-refractivity contribution in [2.24, 2.45) is 5.73 Å². The summed E-state index contributed by atoms with van der Waals surface area (Å²) in [6.45, 7) is 4.49. The van der Waals surface area contributed by atoms with E-state index in [2.05, 4.69) is 15.9 Å². The van der Waals surface area contributed by atoms with Crippen LogP contribution in [0.5, 0.6) is 5.75 Å². The number of hydrogen-bond donors (Lipinski definition) is 2. The third-order valence-electron chi connectivity index (χ3n) is 2.23. The second-order valence-corrected chi connectivity index (χ2v) is 4.06. The van der Waals surface area contributed by atoms with Gasteiger partial charge in [0.25, 0.3) is 0 Å². The molecule has 0 saturated carbocycles. The molecule has 1 aromatic rings. The lowest BCUT2D eigenvalue weighted by molar-refractivity contribution is 0.466. The minimum absolute atomic E-state index is 0.265. The van der Waals surface area contributed by atoms with Crippen molar-refractivity contribution in [3.63, 3.8) is 0 Å². The summed E-state index contributed by atoms with van der Waals surface area (Å²) in [5, 5.41) is 9.64. The van der Waals surface area contributed by atoms with Gasteiger partial charge in [-0.25, -0.2) is 0 Å². The highest BCUT2D eigenvalue weighted by Crippen LogP contribution is 2.34. The summed E-state index contributed by atoms with van der Waals surface area (Å²) in [5.41, 5.74) is 7.49. The molecule has 0 aromatic heterocycles.